The molecule has 1 unspecified atom stereocenters. The van der Waals surface area contributed by atoms with Crippen LogP contribution < -0.4 is 11.1 Å². The van der Waals surface area contributed by atoms with Crippen LogP contribution in [0.3, 0.4) is 0 Å². The fourth-order valence-electron chi connectivity index (χ4n) is 1.77. The number of anilines is 1. The first kappa shape index (κ1) is 14.3. The van der Waals surface area contributed by atoms with Gasteiger partial charge in [0.25, 0.3) is 5.91 Å². The van der Waals surface area contributed by atoms with E-state index >= 15 is 0 Å². The van der Waals surface area contributed by atoms with Gasteiger partial charge >= 0.3 is 5.97 Å². The highest BCUT2D eigenvalue weighted by molar-refractivity contribution is 7.20. The largest absolute Gasteiger partial charge is 0.464 e. The number of hydrogen-bond donors (Lipinski definition) is 2. The van der Waals surface area contributed by atoms with E-state index in [-0.39, 0.29) is 5.91 Å². The molecule has 1 aromatic heterocycles. The number of fused-ring (bicyclic) bond motifs is 1. The number of hydrogen-bond acceptors (Lipinski definition) is 5. The third-order valence-corrected chi connectivity index (χ3v) is 3.87. The molecule has 20 heavy (non-hydrogen) atoms. The Balaban J connectivity index is 2.13. The number of esters is 1. The summed E-state index contributed by atoms with van der Waals surface area (Å²) in [5, 5.41) is 3.54. The molecule has 5 nitrogen and oxygen atoms in total. The van der Waals surface area contributed by atoms with Gasteiger partial charge in [-0.15, -0.1) is 11.3 Å². The first-order valence-corrected chi connectivity index (χ1v) is 7.09. The van der Waals surface area contributed by atoms with Crippen molar-refractivity contribution in [1.82, 2.24) is 5.32 Å². The molecule has 0 saturated heterocycles. The molecule has 1 atom stereocenters. The average molecular weight is 292 g/mol. The van der Waals surface area contributed by atoms with Crippen LogP contribution in [0.4, 0.5) is 5.69 Å². The van der Waals surface area contributed by atoms with Crippen molar-refractivity contribution >= 4 is 39.0 Å². The smallest absolute Gasteiger partial charge is 0.328 e. The number of amides is 1. The maximum Gasteiger partial charge on any atom is 0.328 e. The van der Waals surface area contributed by atoms with E-state index in [0.29, 0.717) is 17.2 Å². The van der Waals surface area contributed by atoms with E-state index in [4.69, 9.17) is 10.5 Å². The number of nitrogens with one attached hydrogen (secondary N) is 1. The normalized spacial score (nSPS) is 12.1. The first-order chi connectivity index (χ1) is 9.51. The molecule has 2 aromatic rings. The Bertz CT molecular complexity index is 651. The topological polar surface area (TPSA) is 81.4 Å². The molecule has 6 heteroatoms. The van der Waals surface area contributed by atoms with Gasteiger partial charge in [0.1, 0.15) is 6.04 Å². The van der Waals surface area contributed by atoms with Crippen LogP contribution in [-0.2, 0) is 9.53 Å². The lowest BCUT2D eigenvalue weighted by Crippen LogP contribution is -2.39. The minimum Gasteiger partial charge on any atom is -0.464 e. The molecule has 2 rings (SSSR count). The molecule has 3 N–H and O–H groups in total. The molecule has 0 bridgehead atoms. The molecule has 0 saturated carbocycles. The van der Waals surface area contributed by atoms with Gasteiger partial charge in [0, 0.05) is 10.4 Å². The van der Waals surface area contributed by atoms with E-state index in [1.54, 1.807) is 26.0 Å². The van der Waals surface area contributed by atoms with Crippen LogP contribution in [0.25, 0.3) is 10.1 Å². The summed E-state index contributed by atoms with van der Waals surface area (Å²) in [7, 11) is 0. The highest BCUT2D eigenvalue weighted by Gasteiger charge is 2.18. The fraction of sp³-hybridized carbons (Fsp3) is 0.286. The predicted octanol–water partition coefficient (Wildman–Crippen LogP) is 2.16. The van der Waals surface area contributed by atoms with Crippen molar-refractivity contribution in [2.45, 2.75) is 19.9 Å². The van der Waals surface area contributed by atoms with Crippen LogP contribution in [-0.4, -0.2) is 24.5 Å². The summed E-state index contributed by atoms with van der Waals surface area (Å²) in [5.41, 5.74) is 6.36. The Morgan fingerprint density at radius 2 is 2.15 bits per heavy atom. The van der Waals surface area contributed by atoms with E-state index < -0.39 is 12.0 Å². The third-order valence-electron chi connectivity index (χ3n) is 2.75. The molecule has 1 amide bonds. The Labute approximate surface area is 120 Å². The van der Waals surface area contributed by atoms with Crippen molar-refractivity contribution < 1.29 is 14.3 Å². The molecule has 106 valence electrons. The standard InChI is InChI=1S/C14H16N2O3S/c1-3-19-14(18)8(2)16-13(17)12-7-9-6-10(15)4-5-11(9)20-12/h4-8H,3,15H2,1-2H3,(H,16,17). The second-order valence-corrected chi connectivity index (χ2v) is 5.44. The van der Waals surface area contributed by atoms with Crippen molar-refractivity contribution in [3.8, 4) is 0 Å². The fourth-order valence-corrected chi connectivity index (χ4v) is 2.71. The zero-order valence-electron chi connectivity index (χ0n) is 11.3. The van der Waals surface area contributed by atoms with E-state index in [9.17, 15) is 9.59 Å². The number of benzene rings is 1. The summed E-state index contributed by atoms with van der Waals surface area (Å²) < 4.78 is 5.83. The lowest BCUT2D eigenvalue weighted by atomic mass is 10.2. The van der Waals surface area contributed by atoms with Crippen LogP contribution in [0.2, 0.25) is 0 Å². The Hall–Kier alpha value is -2.08. The van der Waals surface area contributed by atoms with E-state index in [1.165, 1.54) is 11.3 Å². The first-order valence-electron chi connectivity index (χ1n) is 6.28. The van der Waals surface area contributed by atoms with Crippen LogP contribution in [0.15, 0.2) is 24.3 Å². The molecule has 0 aliphatic carbocycles. The second kappa shape index (κ2) is 5.92. The number of carbonyl (C=O) groups excluding carboxylic acids is 2. The Kier molecular flexibility index (Phi) is 4.24. The molecule has 0 aliphatic heterocycles. The molecule has 0 spiro atoms. The molecule has 0 radical (unpaired) electrons. The second-order valence-electron chi connectivity index (χ2n) is 4.36. The lowest BCUT2D eigenvalue weighted by molar-refractivity contribution is -0.144. The van der Waals surface area contributed by atoms with Gasteiger partial charge in [-0.1, -0.05) is 0 Å². The van der Waals surface area contributed by atoms with E-state index in [2.05, 4.69) is 5.32 Å². The maximum absolute atomic E-state index is 12.1. The highest BCUT2D eigenvalue weighted by Crippen LogP contribution is 2.27. The van der Waals surface area contributed by atoms with Crippen molar-refractivity contribution in [2.75, 3.05) is 12.3 Å². The summed E-state index contributed by atoms with van der Waals surface area (Å²) in [5.74, 6) is -0.725. The number of carbonyl (C=O) groups is 2. The summed E-state index contributed by atoms with van der Waals surface area (Å²) >= 11 is 1.36. The SMILES string of the molecule is CCOC(=O)C(C)NC(=O)c1cc2cc(N)ccc2s1. The summed E-state index contributed by atoms with van der Waals surface area (Å²) in [4.78, 5) is 24.1. The van der Waals surface area contributed by atoms with Crippen molar-refractivity contribution in [3.05, 3.63) is 29.1 Å². The van der Waals surface area contributed by atoms with Gasteiger partial charge in [0.2, 0.25) is 0 Å². The zero-order valence-corrected chi connectivity index (χ0v) is 12.1. The number of nitrogens with two attached hydrogens (primary N) is 1. The van der Waals surface area contributed by atoms with E-state index in [0.717, 1.165) is 10.1 Å². The minimum absolute atomic E-state index is 0.287. The Morgan fingerprint density at radius 3 is 2.85 bits per heavy atom. The highest BCUT2D eigenvalue weighted by atomic mass is 32.1. The van der Waals surface area contributed by atoms with Crippen molar-refractivity contribution in [1.29, 1.82) is 0 Å². The molecular formula is C14H16N2O3S. The van der Waals surface area contributed by atoms with Crippen LogP contribution >= 0.6 is 11.3 Å². The number of thiophene rings is 1. The summed E-state index contributed by atoms with van der Waals surface area (Å²) in [6.45, 7) is 3.62. The summed E-state index contributed by atoms with van der Waals surface area (Å²) in [6.07, 6.45) is 0. The van der Waals surface area contributed by atoms with Crippen LogP contribution in [0.5, 0.6) is 0 Å². The number of rotatable bonds is 4. The van der Waals surface area contributed by atoms with Gasteiger partial charge in [-0.2, -0.15) is 0 Å². The van der Waals surface area contributed by atoms with Gasteiger partial charge in [-0.25, -0.2) is 4.79 Å². The van der Waals surface area contributed by atoms with Crippen LogP contribution in [0, 0.1) is 0 Å². The molecule has 1 heterocycles. The maximum atomic E-state index is 12.1. The van der Waals surface area contributed by atoms with Crippen molar-refractivity contribution in [3.63, 3.8) is 0 Å². The van der Waals surface area contributed by atoms with Gasteiger partial charge in [-0.05, 0) is 43.5 Å². The molecule has 0 fully saturated rings. The van der Waals surface area contributed by atoms with Crippen LogP contribution in [0.1, 0.15) is 23.5 Å². The quantitative estimate of drug-likeness (QED) is 0.668. The molecule has 1 aromatic carbocycles. The van der Waals surface area contributed by atoms with Gasteiger partial charge < -0.3 is 15.8 Å². The number of nitrogen functional groups attached to an aromatic ring is 1. The van der Waals surface area contributed by atoms with Crippen molar-refractivity contribution in [2.24, 2.45) is 0 Å². The average Bonchev–Trinajstić information content (AvgIpc) is 2.81. The molecule has 0 aliphatic rings. The zero-order chi connectivity index (χ0) is 14.7. The van der Waals surface area contributed by atoms with Gasteiger partial charge in [-0.3, -0.25) is 4.79 Å². The predicted molar refractivity (Wildman–Crippen MR) is 79.8 cm³/mol. The third kappa shape index (κ3) is 3.08. The molecular weight excluding hydrogens is 276 g/mol. The minimum atomic E-state index is -0.669. The monoisotopic (exact) mass is 292 g/mol. The lowest BCUT2D eigenvalue weighted by Gasteiger charge is -2.11. The summed E-state index contributed by atoms with van der Waals surface area (Å²) in [6, 6.07) is 6.58. The number of ether oxygens (including phenoxy) is 1. The van der Waals surface area contributed by atoms with Gasteiger partial charge in [0.05, 0.1) is 11.5 Å². The van der Waals surface area contributed by atoms with Gasteiger partial charge in [0.15, 0.2) is 0 Å². The van der Waals surface area contributed by atoms with E-state index in [1.807, 2.05) is 12.1 Å². The Morgan fingerprint density at radius 1 is 1.40 bits per heavy atom.